The largest absolute Gasteiger partial charge is 0.478 e. The van der Waals surface area contributed by atoms with Gasteiger partial charge >= 0.3 is 11.9 Å². The summed E-state index contributed by atoms with van der Waals surface area (Å²) in [6.45, 7) is 3.90. The third-order valence-electron chi connectivity index (χ3n) is 4.46. The zero-order valence-electron chi connectivity index (χ0n) is 16.6. The number of carboxylic acids is 1. The average Bonchev–Trinajstić information content (AvgIpc) is 3.08. The molecule has 3 rings (SSSR count). The van der Waals surface area contributed by atoms with E-state index < -0.39 is 11.9 Å². The molecule has 30 heavy (non-hydrogen) atoms. The molecular formula is C22H21N3O5. The number of para-hydroxylation sites is 1. The Bertz CT molecular complexity index is 1160. The standard InChI is InChI=1S/C22H21N3O5/c1-3-18-17(13-23-19-8-6-5-7-16(19)21(27)28)20(26)25(24-18)15-11-9-14(10-12-15)22(29)30-4-2/h5-13,24H,3-4H2,1-2H3,(H,27,28). The number of aromatic nitrogens is 2. The molecule has 0 aliphatic rings. The molecule has 3 aromatic rings. The molecule has 0 fully saturated rings. The Morgan fingerprint density at radius 2 is 1.83 bits per heavy atom. The highest BCUT2D eigenvalue weighted by Crippen LogP contribution is 2.19. The van der Waals surface area contributed by atoms with Crippen LogP contribution in [0, 0.1) is 0 Å². The minimum atomic E-state index is -1.09. The fraction of sp³-hybridized carbons (Fsp3) is 0.182. The minimum absolute atomic E-state index is 0.0530. The molecule has 8 heteroatoms. The zero-order valence-corrected chi connectivity index (χ0v) is 16.6. The van der Waals surface area contributed by atoms with Gasteiger partial charge in [-0.1, -0.05) is 19.1 Å². The van der Waals surface area contributed by atoms with E-state index in [1.807, 2.05) is 6.92 Å². The van der Waals surface area contributed by atoms with Crippen molar-refractivity contribution >= 4 is 23.8 Å². The van der Waals surface area contributed by atoms with Crippen LogP contribution >= 0.6 is 0 Å². The lowest BCUT2D eigenvalue weighted by molar-refractivity contribution is 0.0526. The number of nitrogens with one attached hydrogen (secondary N) is 1. The zero-order chi connectivity index (χ0) is 21.7. The Balaban J connectivity index is 1.97. The number of esters is 1. The van der Waals surface area contributed by atoms with Gasteiger partial charge in [0.15, 0.2) is 0 Å². The molecule has 2 aromatic carbocycles. The minimum Gasteiger partial charge on any atom is -0.478 e. The molecule has 8 nitrogen and oxygen atoms in total. The topological polar surface area (TPSA) is 114 Å². The van der Waals surface area contributed by atoms with Crippen molar-refractivity contribution in [1.82, 2.24) is 9.78 Å². The Morgan fingerprint density at radius 1 is 1.13 bits per heavy atom. The number of carboxylic acid groups (broad SMARTS) is 1. The number of hydrogen-bond donors (Lipinski definition) is 2. The van der Waals surface area contributed by atoms with Crippen LogP contribution in [0.2, 0.25) is 0 Å². The van der Waals surface area contributed by atoms with E-state index in [2.05, 4.69) is 10.1 Å². The average molecular weight is 407 g/mol. The van der Waals surface area contributed by atoms with Gasteiger partial charge in [-0.05, 0) is 49.7 Å². The first kappa shape index (κ1) is 20.8. The first-order valence-electron chi connectivity index (χ1n) is 9.44. The van der Waals surface area contributed by atoms with E-state index in [-0.39, 0.29) is 23.4 Å². The second kappa shape index (κ2) is 9.04. The Hall–Kier alpha value is -3.94. The number of aliphatic imine (C=N–C) groups is 1. The van der Waals surface area contributed by atoms with Gasteiger partial charge < -0.3 is 9.84 Å². The van der Waals surface area contributed by atoms with Crippen LogP contribution in [-0.4, -0.2) is 39.6 Å². The van der Waals surface area contributed by atoms with Gasteiger partial charge in [0.1, 0.15) is 0 Å². The summed E-state index contributed by atoms with van der Waals surface area (Å²) in [5.74, 6) is -1.52. The lowest BCUT2D eigenvalue weighted by Gasteiger charge is -2.04. The number of rotatable bonds is 7. The molecule has 2 N–H and O–H groups in total. The van der Waals surface area contributed by atoms with Crippen LogP contribution in [0.4, 0.5) is 5.69 Å². The van der Waals surface area contributed by atoms with Crippen molar-refractivity contribution in [3.8, 4) is 5.69 Å². The number of benzene rings is 2. The van der Waals surface area contributed by atoms with Gasteiger partial charge in [0.05, 0.1) is 34.7 Å². The van der Waals surface area contributed by atoms with Crippen molar-refractivity contribution in [1.29, 1.82) is 0 Å². The number of H-pyrrole nitrogens is 1. The molecule has 0 aliphatic carbocycles. The van der Waals surface area contributed by atoms with Crippen LogP contribution in [-0.2, 0) is 11.2 Å². The summed E-state index contributed by atoms with van der Waals surface area (Å²) in [4.78, 5) is 40.3. The van der Waals surface area contributed by atoms with Crippen LogP contribution in [0.1, 0.15) is 45.8 Å². The molecule has 0 saturated heterocycles. The van der Waals surface area contributed by atoms with Crippen LogP contribution in [0.15, 0.2) is 58.3 Å². The molecule has 154 valence electrons. The lowest BCUT2D eigenvalue weighted by atomic mass is 10.2. The Morgan fingerprint density at radius 3 is 2.47 bits per heavy atom. The normalized spacial score (nSPS) is 11.0. The van der Waals surface area contributed by atoms with E-state index in [4.69, 9.17) is 4.74 Å². The number of nitrogens with zero attached hydrogens (tertiary/aromatic N) is 2. The van der Waals surface area contributed by atoms with E-state index in [1.165, 1.54) is 17.0 Å². The molecule has 0 atom stereocenters. The maximum Gasteiger partial charge on any atom is 0.338 e. The fourth-order valence-electron chi connectivity index (χ4n) is 2.94. The van der Waals surface area contributed by atoms with Crippen molar-refractivity contribution in [2.75, 3.05) is 6.61 Å². The van der Waals surface area contributed by atoms with Gasteiger partial charge in [-0.15, -0.1) is 0 Å². The quantitative estimate of drug-likeness (QED) is 0.460. The molecule has 0 bridgehead atoms. The summed E-state index contributed by atoms with van der Waals surface area (Å²) in [7, 11) is 0. The lowest BCUT2D eigenvalue weighted by Crippen LogP contribution is -2.17. The van der Waals surface area contributed by atoms with Gasteiger partial charge in [-0.2, -0.15) is 0 Å². The van der Waals surface area contributed by atoms with Gasteiger partial charge in [0.25, 0.3) is 5.56 Å². The van der Waals surface area contributed by atoms with Crippen LogP contribution < -0.4 is 5.56 Å². The molecule has 0 aliphatic heterocycles. The molecule has 1 aromatic heterocycles. The maximum atomic E-state index is 12.9. The van der Waals surface area contributed by atoms with E-state index >= 15 is 0 Å². The number of carbonyl (C=O) groups excluding carboxylic acids is 1. The van der Waals surface area contributed by atoms with Gasteiger partial charge in [0, 0.05) is 11.9 Å². The van der Waals surface area contributed by atoms with Crippen LogP contribution in [0.3, 0.4) is 0 Å². The Labute approximate surface area is 172 Å². The number of aromatic carboxylic acids is 1. The number of hydrogen-bond acceptors (Lipinski definition) is 5. The molecule has 0 amide bonds. The molecule has 0 unspecified atom stereocenters. The first-order chi connectivity index (χ1) is 14.5. The summed E-state index contributed by atoms with van der Waals surface area (Å²) in [6.07, 6.45) is 1.92. The summed E-state index contributed by atoms with van der Waals surface area (Å²) in [5, 5.41) is 12.3. The van der Waals surface area contributed by atoms with Crippen LogP contribution in [0.5, 0.6) is 0 Å². The van der Waals surface area contributed by atoms with Gasteiger partial charge in [-0.3, -0.25) is 14.9 Å². The molecule has 0 spiro atoms. The summed E-state index contributed by atoms with van der Waals surface area (Å²) >= 11 is 0. The van der Waals surface area contributed by atoms with E-state index in [9.17, 15) is 19.5 Å². The second-order valence-electron chi connectivity index (χ2n) is 6.35. The number of carbonyl (C=O) groups is 2. The van der Waals surface area contributed by atoms with E-state index in [0.717, 1.165) is 0 Å². The molecule has 0 saturated carbocycles. The SMILES string of the molecule is CCOC(=O)c1ccc(-n2[nH]c(CC)c(C=Nc3ccccc3C(=O)O)c2=O)cc1. The van der Waals surface area contributed by atoms with Crippen molar-refractivity contribution in [2.45, 2.75) is 20.3 Å². The Kier molecular flexibility index (Phi) is 6.26. The van der Waals surface area contributed by atoms with E-state index in [0.29, 0.717) is 28.9 Å². The second-order valence-corrected chi connectivity index (χ2v) is 6.35. The molecule has 0 radical (unpaired) electrons. The van der Waals surface area contributed by atoms with Crippen molar-refractivity contribution in [3.63, 3.8) is 0 Å². The highest BCUT2D eigenvalue weighted by atomic mass is 16.5. The van der Waals surface area contributed by atoms with Crippen LogP contribution in [0.25, 0.3) is 5.69 Å². The highest BCUT2D eigenvalue weighted by Gasteiger charge is 2.14. The third-order valence-corrected chi connectivity index (χ3v) is 4.46. The number of ether oxygens (including phenoxy) is 1. The monoisotopic (exact) mass is 407 g/mol. The number of aryl methyl sites for hydroxylation is 1. The summed E-state index contributed by atoms with van der Waals surface area (Å²) in [5.41, 5.74) is 1.93. The predicted octanol–water partition coefficient (Wildman–Crippen LogP) is 3.35. The van der Waals surface area contributed by atoms with Crippen molar-refractivity contribution < 1.29 is 19.4 Å². The molecular weight excluding hydrogens is 386 g/mol. The highest BCUT2D eigenvalue weighted by molar-refractivity contribution is 5.95. The molecule has 1 heterocycles. The van der Waals surface area contributed by atoms with Crippen molar-refractivity contribution in [2.24, 2.45) is 4.99 Å². The van der Waals surface area contributed by atoms with E-state index in [1.54, 1.807) is 49.4 Å². The predicted molar refractivity (Wildman–Crippen MR) is 112 cm³/mol. The van der Waals surface area contributed by atoms with Gasteiger partial charge in [0.2, 0.25) is 0 Å². The summed E-state index contributed by atoms with van der Waals surface area (Å²) in [6, 6.07) is 12.8. The fourth-order valence-corrected chi connectivity index (χ4v) is 2.94. The third kappa shape index (κ3) is 4.22. The summed E-state index contributed by atoms with van der Waals surface area (Å²) < 4.78 is 6.32. The maximum absolute atomic E-state index is 12.9. The first-order valence-corrected chi connectivity index (χ1v) is 9.44. The number of aromatic amines is 1. The van der Waals surface area contributed by atoms with Gasteiger partial charge in [-0.25, -0.2) is 14.3 Å². The smallest absolute Gasteiger partial charge is 0.338 e. The van der Waals surface area contributed by atoms with Crippen molar-refractivity contribution in [3.05, 3.63) is 81.3 Å².